The Hall–Kier alpha value is -2.20. The normalized spacial score (nSPS) is 19.5. The van der Waals surface area contributed by atoms with Crippen molar-refractivity contribution in [1.29, 1.82) is 0 Å². The van der Waals surface area contributed by atoms with Crippen LogP contribution in [0.3, 0.4) is 0 Å². The Balaban J connectivity index is 1.47. The summed E-state index contributed by atoms with van der Waals surface area (Å²) in [7, 11) is 0. The van der Waals surface area contributed by atoms with Crippen molar-refractivity contribution >= 4 is 27.5 Å². The van der Waals surface area contributed by atoms with Crippen molar-refractivity contribution in [2.45, 2.75) is 38.1 Å². The van der Waals surface area contributed by atoms with Gasteiger partial charge in [-0.15, -0.1) is 11.3 Å². The largest absolute Gasteiger partial charge is 0.329 e. The van der Waals surface area contributed by atoms with Crippen LogP contribution in [0.4, 0.5) is 0 Å². The van der Waals surface area contributed by atoms with Crippen LogP contribution >= 0.6 is 11.3 Å². The van der Waals surface area contributed by atoms with Gasteiger partial charge in [-0.25, -0.2) is 4.98 Å². The van der Waals surface area contributed by atoms with Crippen LogP contribution in [0.5, 0.6) is 0 Å². The molecule has 1 aliphatic heterocycles. The van der Waals surface area contributed by atoms with Crippen molar-refractivity contribution < 1.29 is 4.79 Å². The molecule has 1 unspecified atom stereocenters. The van der Waals surface area contributed by atoms with Gasteiger partial charge in [0, 0.05) is 12.1 Å². The number of aromatic nitrogens is 1. The summed E-state index contributed by atoms with van der Waals surface area (Å²) in [6.45, 7) is 0.830. The van der Waals surface area contributed by atoms with Crippen molar-refractivity contribution in [3.63, 3.8) is 0 Å². The zero-order valence-corrected chi connectivity index (χ0v) is 14.9. The summed E-state index contributed by atoms with van der Waals surface area (Å²) in [5.74, 6) is 0.163. The minimum absolute atomic E-state index is 0.123. The molecule has 1 atom stereocenters. The molecule has 3 aromatic rings. The monoisotopic (exact) mass is 348 g/mol. The molecule has 4 heteroatoms. The van der Waals surface area contributed by atoms with Gasteiger partial charge in [-0.3, -0.25) is 4.79 Å². The average Bonchev–Trinajstić information content (AvgIpc) is 3.37. The van der Waals surface area contributed by atoms with E-state index >= 15 is 0 Å². The summed E-state index contributed by atoms with van der Waals surface area (Å²) in [6.07, 6.45) is 5.54. The average molecular weight is 348 g/mol. The third-order valence-corrected chi connectivity index (χ3v) is 6.59. The lowest BCUT2D eigenvalue weighted by atomic mass is 10.1. The van der Waals surface area contributed by atoms with E-state index in [1.54, 1.807) is 11.3 Å². The molecule has 1 amide bonds. The highest BCUT2D eigenvalue weighted by Crippen LogP contribution is 2.37. The van der Waals surface area contributed by atoms with E-state index in [9.17, 15) is 4.79 Å². The van der Waals surface area contributed by atoms with Gasteiger partial charge in [-0.1, -0.05) is 18.2 Å². The minimum Gasteiger partial charge on any atom is -0.329 e. The summed E-state index contributed by atoms with van der Waals surface area (Å²) in [5.41, 5.74) is 4.66. The Labute approximate surface area is 151 Å². The maximum atomic E-state index is 13.1. The number of hydrogen-bond acceptors (Lipinski definition) is 3. The molecule has 1 fully saturated rings. The number of aryl methyl sites for hydroxylation is 2. The molecule has 1 aliphatic carbocycles. The van der Waals surface area contributed by atoms with Crippen LogP contribution in [-0.2, 0) is 12.8 Å². The number of fused-ring (bicyclic) bond motifs is 2. The third-order valence-electron chi connectivity index (χ3n) is 5.45. The first kappa shape index (κ1) is 15.1. The zero-order valence-electron chi connectivity index (χ0n) is 14.1. The molecule has 3 nitrogen and oxygen atoms in total. The van der Waals surface area contributed by atoms with Crippen molar-refractivity contribution in [2.24, 2.45) is 0 Å². The number of likely N-dealkylation sites (tertiary alicyclic amines) is 1. The summed E-state index contributed by atoms with van der Waals surface area (Å²) < 4.78 is 1.20. The van der Waals surface area contributed by atoms with Crippen molar-refractivity contribution in [3.05, 3.63) is 64.2 Å². The number of hydrogen-bond donors (Lipinski definition) is 0. The first-order valence-corrected chi connectivity index (χ1v) is 9.89. The van der Waals surface area contributed by atoms with Crippen LogP contribution in [-0.4, -0.2) is 22.3 Å². The third kappa shape index (κ3) is 2.56. The topological polar surface area (TPSA) is 33.2 Å². The maximum Gasteiger partial charge on any atom is 0.254 e. The molecule has 1 saturated heterocycles. The second kappa shape index (κ2) is 5.95. The molecule has 2 aliphatic rings. The van der Waals surface area contributed by atoms with Crippen LogP contribution < -0.4 is 0 Å². The van der Waals surface area contributed by atoms with Crippen LogP contribution in [0.1, 0.15) is 51.8 Å². The lowest BCUT2D eigenvalue weighted by Gasteiger charge is -2.23. The van der Waals surface area contributed by atoms with Gasteiger partial charge in [0.1, 0.15) is 5.01 Å². The molecule has 0 N–H and O–H groups in total. The van der Waals surface area contributed by atoms with E-state index in [1.165, 1.54) is 22.2 Å². The predicted octanol–water partition coefficient (Wildman–Crippen LogP) is 4.76. The standard InChI is InChI=1S/C21H20N2OS/c24-21(16-11-10-14-5-3-6-15(14)13-16)23-12-4-8-18(23)20-22-17-7-1-2-9-19(17)25-20/h1-2,7,9-11,13,18H,3-6,8,12H2. The van der Waals surface area contributed by atoms with Gasteiger partial charge < -0.3 is 4.90 Å². The molecule has 25 heavy (non-hydrogen) atoms. The summed E-state index contributed by atoms with van der Waals surface area (Å²) in [5, 5.41) is 1.08. The Kier molecular flexibility index (Phi) is 3.59. The Morgan fingerprint density at radius 1 is 1.08 bits per heavy atom. The fourth-order valence-corrected chi connectivity index (χ4v) is 5.29. The SMILES string of the molecule is O=C(c1ccc2c(c1)CCC2)N1CCCC1c1nc2ccccc2s1. The van der Waals surface area contributed by atoms with E-state index in [4.69, 9.17) is 4.98 Å². The first-order chi connectivity index (χ1) is 12.3. The highest BCUT2D eigenvalue weighted by Gasteiger charge is 2.33. The quantitative estimate of drug-likeness (QED) is 0.669. The smallest absolute Gasteiger partial charge is 0.254 e. The Bertz CT molecular complexity index is 928. The number of rotatable bonds is 2. The van der Waals surface area contributed by atoms with Gasteiger partial charge in [0.2, 0.25) is 0 Å². The highest BCUT2D eigenvalue weighted by molar-refractivity contribution is 7.18. The molecule has 1 aromatic heterocycles. The Morgan fingerprint density at radius 2 is 1.96 bits per heavy atom. The molecule has 2 heterocycles. The van der Waals surface area contributed by atoms with E-state index < -0.39 is 0 Å². The minimum atomic E-state index is 0.123. The van der Waals surface area contributed by atoms with E-state index in [0.29, 0.717) is 0 Å². The fraction of sp³-hybridized carbons (Fsp3) is 0.333. The van der Waals surface area contributed by atoms with Crippen molar-refractivity contribution in [1.82, 2.24) is 9.88 Å². The van der Waals surface area contributed by atoms with Gasteiger partial charge >= 0.3 is 0 Å². The number of thiazole rings is 1. The van der Waals surface area contributed by atoms with E-state index in [1.807, 2.05) is 23.1 Å². The summed E-state index contributed by atoms with van der Waals surface area (Å²) in [4.78, 5) is 20.0. The van der Waals surface area contributed by atoms with Crippen LogP contribution in [0.2, 0.25) is 0 Å². The van der Waals surface area contributed by atoms with Crippen molar-refractivity contribution in [3.8, 4) is 0 Å². The van der Waals surface area contributed by atoms with E-state index in [2.05, 4.69) is 24.3 Å². The van der Waals surface area contributed by atoms with Crippen LogP contribution in [0.25, 0.3) is 10.2 Å². The first-order valence-electron chi connectivity index (χ1n) is 9.08. The number of para-hydroxylation sites is 1. The van der Waals surface area contributed by atoms with Crippen LogP contribution in [0.15, 0.2) is 42.5 Å². The molecule has 0 spiro atoms. The lowest BCUT2D eigenvalue weighted by molar-refractivity contribution is 0.0735. The predicted molar refractivity (Wildman–Crippen MR) is 101 cm³/mol. The van der Waals surface area contributed by atoms with Crippen molar-refractivity contribution in [2.75, 3.05) is 6.54 Å². The second-order valence-electron chi connectivity index (χ2n) is 7.01. The molecule has 0 radical (unpaired) electrons. The summed E-state index contributed by atoms with van der Waals surface area (Å²) in [6, 6.07) is 14.6. The lowest BCUT2D eigenvalue weighted by Crippen LogP contribution is -2.30. The van der Waals surface area contributed by atoms with Gasteiger partial charge in [0.15, 0.2) is 0 Å². The molecule has 0 bridgehead atoms. The number of amides is 1. The number of carbonyl (C=O) groups is 1. The molecule has 5 rings (SSSR count). The molecule has 2 aromatic carbocycles. The van der Waals surface area contributed by atoms with Gasteiger partial charge in [-0.2, -0.15) is 0 Å². The number of benzene rings is 2. The maximum absolute atomic E-state index is 13.1. The van der Waals surface area contributed by atoms with E-state index in [0.717, 1.165) is 48.3 Å². The molecular weight excluding hydrogens is 328 g/mol. The Morgan fingerprint density at radius 3 is 2.88 bits per heavy atom. The fourth-order valence-electron chi connectivity index (χ4n) is 4.17. The van der Waals surface area contributed by atoms with Gasteiger partial charge in [0.25, 0.3) is 5.91 Å². The highest BCUT2D eigenvalue weighted by atomic mass is 32.1. The molecule has 0 saturated carbocycles. The zero-order chi connectivity index (χ0) is 16.8. The number of nitrogens with zero attached hydrogens (tertiary/aromatic N) is 2. The van der Waals surface area contributed by atoms with E-state index in [-0.39, 0.29) is 11.9 Å². The van der Waals surface area contributed by atoms with Gasteiger partial charge in [0.05, 0.1) is 16.3 Å². The van der Waals surface area contributed by atoms with Gasteiger partial charge in [-0.05, 0) is 67.5 Å². The summed E-state index contributed by atoms with van der Waals surface area (Å²) >= 11 is 1.73. The molecule has 126 valence electrons. The molecular formula is C21H20N2OS. The van der Waals surface area contributed by atoms with Crippen LogP contribution in [0, 0.1) is 0 Å². The second-order valence-corrected chi connectivity index (χ2v) is 8.08. The number of carbonyl (C=O) groups excluding carboxylic acids is 1.